The van der Waals surface area contributed by atoms with Crippen molar-refractivity contribution in [1.82, 2.24) is 14.8 Å². The lowest BCUT2D eigenvalue weighted by atomic mass is 10.2. The zero-order valence-electron chi connectivity index (χ0n) is 16.3. The van der Waals surface area contributed by atoms with Crippen LogP contribution in [0.2, 0.25) is 15.1 Å². The van der Waals surface area contributed by atoms with E-state index in [1.54, 1.807) is 24.3 Å². The predicted octanol–water partition coefficient (Wildman–Crippen LogP) is 5.88. The fourth-order valence-corrected chi connectivity index (χ4v) is 3.91. The number of nitrogens with one attached hydrogen (secondary N) is 1. The third-order valence-electron chi connectivity index (χ3n) is 4.17. The molecule has 1 N–H and O–H groups in total. The summed E-state index contributed by atoms with van der Waals surface area (Å²) in [6, 6.07) is 10.5. The molecule has 6 nitrogen and oxygen atoms in total. The average molecular weight is 486 g/mol. The highest BCUT2D eigenvalue weighted by Crippen LogP contribution is 2.30. The van der Waals surface area contributed by atoms with E-state index in [-0.39, 0.29) is 18.3 Å². The minimum Gasteiger partial charge on any atom is -0.486 e. The summed E-state index contributed by atoms with van der Waals surface area (Å²) in [4.78, 5) is 12.3. The lowest BCUT2D eigenvalue weighted by molar-refractivity contribution is -0.113. The van der Waals surface area contributed by atoms with E-state index in [2.05, 4.69) is 15.5 Å². The largest absolute Gasteiger partial charge is 0.486 e. The van der Waals surface area contributed by atoms with Crippen molar-refractivity contribution in [3.63, 3.8) is 0 Å². The normalized spacial score (nSPS) is 10.8. The van der Waals surface area contributed by atoms with Crippen LogP contribution in [0.25, 0.3) is 0 Å². The van der Waals surface area contributed by atoms with E-state index in [1.165, 1.54) is 11.8 Å². The number of thioether (sulfide) groups is 1. The Hall–Kier alpha value is -1.93. The van der Waals surface area contributed by atoms with Crippen LogP contribution in [0.1, 0.15) is 18.3 Å². The molecule has 0 fully saturated rings. The fraction of sp³-hybridized carbons (Fsp3) is 0.250. The van der Waals surface area contributed by atoms with Gasteiger partial charge in [0.1, 0.15) is 12.4 Å². The highest BCUT2D eigenvalue weighted by atomic mass is 35.5. The van der Waals surface area contributed by atoms with Crippen molar-refractivity contribution in [1.29, 1.82) is 0 Å². The van der Waals surface area contributed by atoms with E-state index in [0.29, 0.717) is 44.0 Å². The molecule has 0 aliphatic heterocycles. The molecule has 3 rings (SSSR count). The fourth-order valence-electron chi connectivity index (χ4n) is 2.62. The zero-order valence-corrected chi connectivity index (χ0v) is 19.4. The predicted molar refractivity (Wildman–Crippen MR) is 122 cm³/mol. The van der Waals surface area contributed by atoms with Gasteiger partial charge in [0, 0.05) is 11.6 Å². The number of rotatable bonds is 8. The molecule has 3 aromatic rings. The summed E-state index contributed by atoms with van der Waals surface area (Å²) < 4.78 is 7.72. The molecule has 0 saturated carbocycles. The van der Waals surface area contributed by atoms with Crippen molar-refractivity contribution in [2.75, 3.05) is 11.1 Å². The van der Waals surface area contributed by atoms with Crippen molar-refractivity contribution in [2.45, 2.75) is 32.2 Å². The summed E-state index contributed by atoms with van der Waals surface area (Å²) in [5.41, 5.74) is 1.41. The van der Waals surface area contributed by atoms with Gasteiger partial charge in [0.05, 0.1) is 21.5 Å². The number of aromatic nitrogens is 3. The first-order valence-corrected chi connectivity index (χ1v) is 11.2. The van der Waals surface area contributed by atoms with Gasteiger partial charge in [0.2, 0.25) is 5.91 Å². The molecule has 30 heavy (non-hydrogen) atoms. The van der Waals surface area contributed by atoms with Crippen molar-refractivity contribution >= 4 is 58.2 Å². The smallest absolute Gasteiger partial charge is 0.234 e. The number of hydrogen-bond donors (Lipinski definition) is 1. The second-order valence-corrected chi connectivity index (χ2v) is 8.42. The van der Waals surface area contributed by atoms with Gasteiger partial charge in [-0.1, -0.05) is 52.6 Å². The number of hydrogen-bond acceptors (Lipinski definition) is 5. The molecule has 2 aromatic carbocycles. The molecule has 0 saturated heterocycles. The van der Waals surface area contributed by atoms with E-state index in [0.717, 1.165) is 5.56 Å². The quantitative estimate of drug-likeness (QED) is 0.404. The maximum atomic E-state index is 12.3. The standard InChI is InChI=1S/C20H19Cl3N4O2S/c1-3-27-17(10-29-13-7-8-14(21)12(2)9-13)25-26-20(27)30-11-18(28)24-16-6-4-5-15(22)19(16)23/h4-9H,3,10-11H2,1-2H3,(H,24,28). The summed E-state index contributed by atoms with van der Waals surface area (Å²) in [6.07, 6.45) is 0. The van der Waals surface area contributed by atoms with Crippen LogP contribution in [-0.4, -0.2) is 26.4 Å². The molecular weight excluding hydrogens is 467 g/mol. The third-order valence-corrected chi connectivity index (χ3v) is 6.37. The van der Waals surface area contributed by atoms with E-state index in [1.807, 2.05) is 30.5 Å². The molecule has 158 valence electrons. The maximum absolute atomic E-state index is 12.3. The molecule has 0 unspecified atom stereocenters. The second kappa shape index (κ2) is 10.4. The molecule has 0 aliphatic carbocycles. The molecule has 0 bridgehead atoms. The number of amides is 1. The highest BCUT2D eigenvalue weighted by molar-refractivity contribution is 7.99. The van der Waals surface area contributed by atoms with Crippen LogP contribution in [0.5, 0.6) is 5.75 Å². The molecule has 0 spiro atoms. The van der Waals surface area contributed by atoms with Gasteiger partial charge in [0.25, 0.3) is 0 Å². The molecule has 1 amide bonds. The summed E-state index contributed by atoms with van der Waals surface area (Å²) >= 11 is 19.4. The van der Waals surface area contributed by atoms with E-state index < -0.39 is 0 Å². The monoisotopic (exact) mass is 484 g/mol. The third kappa shape index (κ3) is 5.60. The Morgan fingerprint density at radius 2 is 1.97 bits per heavy atom. The molecule has 10 heteroatoms. The van der Waals surface area contributed by atoms with Crippen LogP contribution in [0.15, 0.2) is 41.6 Å². The Morgan fingerprint density at radius 1 is 1.17 bits per heavy atom. The lowest BCUT2D eigenvalue weighted by Gasteiger charge is -2.10. The van der Waals surface area contributed by atoms with E-state index in [9.17, 15) is 4.79 Å². The van der Waals surface area contributed by atoms with Gasteiger partial charge in [-0.2, -0.15) is 0 Å². The first kappa shape index (κ1) is 22.7. The Balaban J connectivity index is 1.60. The molecule has 0 atom stereocenters. The van der Waals surface area contributed by atoms with Crippen molar-refractivity contribution < 1.29 is 9.53 Å². The lowest BCUT2D eigenvalue weighted by Crippen LogP contribution is -2.15. The number of ether oxygens (including phenoxy) is 1. The second-order valence-electron chi connectivity index (χ2n) is 6.28. The van der Waals surface area contributed by atoms with E-state index >= 15 is 0 Å². The first-order chi connectivity index (χ1) is 14.4. The molecular formula is C20H19Cl3N4O2S. The number of carbonyl (C=O) groups is 1. The van der Waals surface area contributed by atoms with Crippen molar-refractivity contribution in [3.05, 3.63) is 62.9 Å². The van der Waals surface area contributed by atoms with Gasteiger partial charge in [0.15, 0.2) is 11.0 Å². The van der Waals surface area contributed by atoms with Crippen LogP contribution in [-0.2, 0) is 17.9 Å². The van der Waals surface area contributed by atoms with Crippen LogP contribution in [0.4, 0.5) is 5.69 Å². The number of anilines is 1. The van der Waals surface area contributed by atoms with Crippen LogP contribution in [0, 0.1) is 6.92 Å². The SMILES string of the molecule is CCn1c(COc2ccc(Cl)c(C)c2)nnc1SCC(=O)Nc1cccc(Cl)c1Cl. The topological polar surface area (TPSA) is 69.0 Å². The molecule has 1 aromatic heterocycles. The van der Waals surface area contributed by atoms with Crippen molar-refractivity contribution in [2.24, 2.45) is 0 Å². The summed E-state index contributed by atoms with van der Waals surface area (Å²) in [6.45, 7) is 4.80. The molecule has 0 aliphatic rings. The van der Waals surface area contributed by atoms with Gasteiger partial charge in [-0.15, -0.1) is 10.2 Å². The minimum absolute atomic E-state index is 0.151. The summed E-state index contributed by atoms with van der Waals surface area (Å²) in [5, 5.41) is 13.2. The summed E-state index contributed by atoms with van der Waals surface area (Å²) in [7, 11) is 0. The van der Waals surface area contributed by atoms with Gasteiger partial charge < -0.3 is 14.6 Å². The molecule has 0 radical (unpaired) electrons. The van der Waals surface area contributed by atoms with Crippen LogP contribution < -0.4 is 10.1 Å². The zero-order chi connectivity index (χ0) is 21.7. The number of nitrogens with zero attached hydrogens (tertiary/aromatic N) is 3. The highest BCUT2D eigenvalue weighted by Gasteiger charge is 2.15. The number of halogens is 3. The van der Waals surface area contributed by atoms with Gasteiger partial charge in [-0.05, 0) is 49.7 Å². The van der Waals surface area contributed by atoms with Gasteiger partial charge in [-0.3, -0.25) is 4.79 Å². The van der Waals surface area contributed by atoms with Crippen LogP contribution in [0.3, 0.4) is 0 Å². The van der Waals surface area contributed by atoms with Crippen LogP contribution >= 0.6 is 46.6 Å². The Bertz CT molecular complexity index is 1060. The minimum atomic E-state index is -0.218. The Morgan fingerprint density at radius 3 is 2.70 bits per heavy atom. The average Bonchev–Trinajstić information content (AvgIpc) is 3.12. The number of benzene rings is 2. The van der Waals surface area contributed by atoms with Gasteiger partial charge >= 0.3 is 0 Å². The number of aryl methyl sites for hydroxylation is 1. The number of carbonyl (C=O) groups excluding carboxylic acids is 1. The molecule has 1 heterocycles. The maximum Gasteiger partial charge on any atom is 0.234 e. The Kier molecular flexibility index (Phi) is 7.88. The summed E-state index contributed by atoms with van der Waals surface area (Å²) in [5.74, 6) is 1.31. The van der Waals surface area contributed by atoms with E-state index in [4.69, 9.17) is 39.5 Å². The first-order valence-electron chi connectivity index (χ1n) is 9.06. The van der Waals surface area contributed by atoms with Gasteiger partial charge in [-0.25, -0.2) is 0 Å². The van der Waals surface area contributed by atoms with Crippen molar-refractivity contribution in [3.8, 4) is 5.75 Å². The Labute approximate surface area is 193 Å².